The van der Waals surface area contributed by atoms with E-state index < -0.39 is 0 Å². The van der Waals surface area contributed by atoms with E-state index >= 15 is 0 Å². The molecule has 0 atom stereocenters. The number of hydrogen-bond acceptors (Lipinski definition) is 5. The fourth-order valence-corrected chi connectivity index (χ4v) is 2.89. The van der Waals surface area contributed by atoms with Crippen LogP contribution in [0.25, 0.3) is 0 Å². The molecule has 0 saturated heterocycles. The molecule has 1 fully saturated rings. The lowest BCUT2D eigenvalue weighted by Gasteiger charge is -2.06. The molecule has 1 saturated carbocycles. The van der Waals surface area contributed by atoms with Crippen molar-refractivity contribution < 1.29 is 9.21 Å². The van der Waals surface area contributed by atoms with E-state index in [1.165, 1.54) is 11.8 Å². The van der Waals surface area contributed by atoms with Gasteiger partial charge in [-0.2, -0.15) is 0 Å². The van der Waals surface area contributed by atoms with Gasteiger partial charge in [-0.1, -0.05) is 41.0 Å². The van der Waals surface area contributed by atoms with Crippen molar-refractivity contribution in [3.05, 3.63) is 39.7 Å². The SMILES string of the molecule is O=C(CSc1nnc(C2CC2)o1)NCc1ccc(Cl)cc1Cl. The lowest BCUT2D eigenvalue weighted by molar-refractivity contribution is -0.118. The molecule has 0 radical (unpaired) electrons. The van der Waals surface area contributed by atoms with Crippen molar-refractivity contribution in [3.8, 4) is 0 Å². The fourth-order valence-electron chi connectivity index (χ4n) is 1.81. The zero-order chi connectivity index (χ0) is 15.5. The highest BCUT2D eigenvalue weighted by Gasteiger charge is 2.29. The summed E-state index contributed by atoms with van der Waals surface area (Å²) >= 11 is 13.1. The summed E-state index contributed by atoms with van der Waals surface area (Å²) in [4.78, 5) is 11.8. The van der Waals surface area contributed by atoms with Crippen LogP contribution in [0.4, 0.5) is 0 Å². The zero-order valence-corrected chi connectivity index (χ0v) is 13.8. The van der Waals surface area contributed by atoms with Crippen LogP contribution >= 0.6 is 35.0 Å². The van der Waals surface area contributed by atoms with E-state index in [0.29, 0.717) is 33.6 Å². The third-order valence-corrected chi connectivity index (χ3v) is 4.57. The average molecular weight is 358 g/mol. The maximum Gasteiger partial charge on any atom is 0.277 e. The summed E-state index contributed by atoms with van der Waals surface area (Å²) in [5, 5.41) is 12.2. The van der Waals surface area contributed by atoms with E-state index in [2.05, 4.69) is 15.5 Å². The number of thioether (sulfide) groups is 1. The molecule has 0 bridgehead atoms. The topological polar surface area (TPSA) is 68.0 Å². The maximum absolute atomic E-state index is 11.8. The molecule has 0 spiro atoms. The molecule has 1 aromatic carbocycles. The molecule has 22 heavy (non-hydrogen) atoms. The maximum atomic E-state index is 11.8. The first-order valence-electron chi connectivity index (χ1n) is 6.78. The Balaban J connectivity index is 1.45. The fraction of sp³-hybridized carbons (Fsp3) is 0.357. The molecule has 1 aliphatic carbocycles. The second-order valence-corrected chi connectivity index (χ2v) is 6.75. The van der Waals surface area contributed by atoms with E-state index in [0.717, 1.165) is 18.4 Å². The number of nitrogens with one attached hydrogen (secondary N) is 1. The number of halogens is 2. The first kappa shape index (κ1) is 15.6. The smallest absolute Gasteiger partial charge is 0.277 e. The lowest BCUT2D eigenvalue weighted by Crippen LogP contribution is -2.24. The Bertz CT molecular complexity index is 688. The highest BCUT2D eigenvalue weighted by Crippen LogP contribution is 2.39. The number of benzene rings is 1. The van der Waals surface area contributed by atoms with Crippen molar-refractivity contribution in [2.75, 3.05) is 5.75 Å². The number of aromatic nitrogens is 2. The van der Waals surface area contributed by atoms with Crippen molar-refractivity contribution in [2.24, 2.45) is 0 Å². The predicted molar refractivity (Wildman–Crippen MR) is 85.3 cm³/mol. The molecule has 0 unspecified atom stereocenters. The molecule has 1 N–H and O–H groups in total. The van der Waals surface area contributed by atoms with Crippen LogP contribution in [-0.2, 0) is 11.3 Å². The Labute approximate surface area is 141 Å². The number of amides is 1. The Hall–Kier alpha value is -1.24. The van der Waals surface area contributed by atoms with Crippen molar-refractivity contribution in [1.29, 1.82) is 0 Å². The minimum absolute atomic E-state index is 0.123. The molecule has 1 amide bonds. The van der Waals surface area contributed by atoms with E-state index in [-0.39, 0.29) is 11.7 Å². The van der Waals surface area contributed by atoms with Gasteiger partial charge in [-0.15, -0.1) is 10.2 Å². The standard InChI is InChI=1S/C14H13Cl2N3O2S/c15-10-4-3-9(11(16)5-10)6-17-12(20)7-22-14-19-18-13(21-14)8-1-2-8/h3-5,8H,1-2,6-7H2,(H,17,20). The van der Waals surface area contributed by atoms with E-state index in [1.54, 1.807) is 18.2 Å². The summed E-state index contributed by atoms with van der Waals surface area (Å²) in [6.45, 7) is 0.354. The number of rotatable bonds is 6. The van der Waals surface area contributed by atoms with Gasteiger partial charge >= 0.3 is 0 Å². The molecular formula is C14H13Cl2N3O2S. The molecule has 1 heterocycles. The van der Waals surface area contributed by atoms with Gasteiger partial charge in [0.15, 0.2) is 0 Å². The summed E-state index contributed by atoms with van der Waals surface area (Å²) in [6, 6.07) is 5.18. The molecule has 0 aliphatic heterocycles. The molecule has 3 rings (SSSR count). The van der Waals surface area contributed by atoms with Crippen LogP contribution in [0.1, 0.15) is 30.2 Å². The molecule has 2 aromatic rings. The Morgan fingerprint density at radius 3 is 2.91 bits per heavy atom. The van der Waals surface area contributed by atoms with Crippen LogP contribution in [0.5, 0.6) is 0 Å². The van der Waals surface area contributed by atoms with Gasteiger partial charge in [0.1, 0.15) is 0 Å². The predicted octanol–water partition coefficient (Wildman–Crippen LogP) is 3.66. The average Bonchev–Trinajstić information content (AvgIpc) is 3.23. The highest BCUT2D eigenvalue weighted by molar-refractivity contribution is 7.99. The van der Waals surface area contributed by atoms with Gasteiger partial charge in [0, 0.05) is 22.5 Å². The summed E-state index contributed by atoms with van der Waals surface area (Å²) in [7, 11) is 0. The minimum Gasteiger partial charge on any atom is -0.416 e. The molecule has 1 aromatic heterocycles. The van der Waals surface area contributed by atoms with Gasteiger partial charge < -0.3 is 9.73 Å². The second kappa shape index (κ2) is 6.89. The summed E-state index contributed by atoms with van der Waals surface area (Å²) < 4.78 is 5.48. The summed E-state index contributed by atoms with van der Waals surface area (Å²) in [5.41, 5.74) is 0.818. The van der Waals surface area contributed by atoms with Gasteiger partial charge in [0.2, 0.25) is 11.8 Å². The van der Waals surface area contributed by atoms with Crippen LogP contribution in [0.15, 0.2) is 27.8 Å². The van der Waals surface area contributed by atoms with Crippen molar-refractivity contribution >= 4 is 40.9 Å². The second-order valence-electron chi connectivity index (χ2n) is 4.98. The normalized spacial score (nSPS) is 14.1. The van der Waals surface area contributed by atoms with E-state index in [4.69, 9.17) is 27.6 Å². The lowest BCUT2D eigenvalue weighted by atomic mass is 10.2. The Morgan fingerprint density at radius 1 is 1.36 bits per heavy atom. The highest BCUT2D eigenvalue weighted by atomic mass is 35.5. The number of carbonyl (C=O) groups is 1. The van der Waals surface area contributed by atoms with E-state index in [1.807, 2.05) is 0 Å². The third kappa shape index (κ3) is 4.15. The number of carbonyl (C=O) groups excluding carboxylic acids is 1. The first-order valence-corrected chi connectivity index (χ1v) is 8.53. The quantitative estimate of drug-likeness (QED) is 0.798. The molecule has 8 heteroatoms. The Morgan fingerprint density at radius 2 is 2.18 bits per heavy atom. The number of hydrogen-bond donors (Lipinski definition) is 1. The minimum atomic E-state index is -0.123. The van der Waals surface area contributed by atoms with Crippen LogP contribution in [0.3, 0.4) is 0 Å². The Kier molecular flexibility index (Phi) is 4.90. The van der Waals surface area contributed by atoms with Gasteiger partial charge in [0.25, 0.3) is 5.22 Å². The molecular weight excluding hydrogens is 345 g/mol. The molecule has 1 aliphatic rings. The van der Waals surface area contributed by atoms with Gasteiger partial charge in [-0.25, -0.2) is 0 Å². The van der Waals surface area contributed by atoms with Gasteiger partial charge in [0.05, 0.1) is 5.75 Å². The van der Waals surface area contributed by atoms with E-state index in [9.17, 15) is 4.79 Å². The van der Waals surface area contributed by atoms with Gasteiger partial charge in [-0.3, -0.25) is 4.79 Å². The number of nitrogens with zero attached hydrogens (tertiary/aromatic N) is 2. The largest absolute Gasteiger partial charge is 0.416 e. The van der Waals surface area contributed by atoms with Crippen LogP contribution < -0.4 is 5.32 Å². The zero-order valence-electron chi connectivity index (χ0n) is 11.5. The van der Waals surface area contributed by atoms with Crippen molar-refractivity contribution in [3.63, 3.8) is 0 Å². The first-order chi connectivity index (χ1) is 10.6. The van der Waals surface area contributed by atoms with Crippen LogP contribution in [0, 0.1) is 0 Å². The van der Waals surface area contributed by atoms with Crippen LogP contribution in [0.2, 0.25) is 10.0 Å². The van der Waals surface area contributed by atoms with Gasteiger partial charge in [-0.05, 0) is 30.5 Å². The van der Waals surface area contributed by atoms with Crippen molar-refractivity contribution in [1.82, 2.24) is 15.5 Å². The molecule has 116 valence electrons. The van der Waals surface area contributed by atoms with Crippen LogP contribution in [-0.4, -0.2) is 21.9 Å². The third-order valence-electron chi connectivity index (χ3n) is 3.17. The van der Waals surface area contributed by atoms with Crippen molar-refractivity contribution in [2.45, 2.75) is 30.5 Å². The summed E-state index contributed by atoms with van der Waals surface area (Å²) in [6.07, 6.45) is 2.21. The summed E-state index contributed by atoms with van der Waals surface area (Å²) in [5.74, 6) is 1.19. The molecule has 5 nitrogen and oxygen atoms in total. The monoisotopic (exact) mass is 357 g/mol.